The summed E-state index contributed by atoms with van der Waals surface area (Å²) in [4.78, 5) is 20.2. The van der Waals surface area contributed by atoms with E-state index in [2.05, 4.69) is 15.3 Å². The van der Waals surface area contributed by atoms with Crippen LogP contribution in [-0.2, 0) is 0 Å². The molecule has 0 saturated heterocycles. The van der Waals surface area contributed by atoms with Crippen molar-refractivity contribution in [3.63, 3.8) is 0 Å². The Morgan fingerprint density at radius 1 is 1.40 bits per heavy atom. The third kappa shape index (κ3) is 1.78. The fourth-order valence-electron chi connectivity index (χ4n) is 2.25. The molecule has 0 saturated carbocycles. The number of carbonyl (C=O) groups is 1. The van der Waals surface area contributed by atoms with E-state index in [-0.39, 0.29) is 12.2 Å². The van der Waals surface area contributed by atoms with Crippen molar-refractivity contribution in [2.45, 2.75) is 5.92 Å². The Balaban J connectivity index is 2.06. The quantitative estimate of drug-likeness (QED) is 0.645. The summed E-state index contributed by atoms with van der Waals surface area (Å²) in [5.74, 6) is -2.85. The topological polar surface area (TPSA) is 80.9 Å². The zero-order valence-corrected chi connectivity index (χ0v) is 10.2. The van der Waals surface area contributed by atoms with Gasteiger partial charge >= 0.3 is 0 Å². The van der Waals surface area contributed by atoms with Gasteiger partial charge in [-0.15, -0.1) is 0 Å². The van der Waals surface area contributed by atoms with Gasteiger partial charge in [0.2, 0.25) is 0 Å². The number of rotatable bonds is 2. The Hall–Kier alpha value is -2.57. The van der Waals surface area contributed by atoms with Crippen molar-refractivity contribution in [3.8, 4) is 0 Å². The van der Waals surface area contributed by atoms with E-state index < -0.39 is 28.9 Å². The Labute approximate surface area is 112 Å². The van der Waals surface area contributed by atoms with Crippen molar-refractivity contribution in [1.82, 2.24) is 9.97 Å². The zero-order valence-electron chi connectivity index (χ0n) is 10.2. The van der Waals surface area contributed by atoms with E-state index >= 15 is 0 Å². The first-order chi connectivity index (χ1) is 9.59. The van der Waals surface area contributed by atoms with E-state index in [1.807, 2.05) is 0 Å². The number of nitrogens with two attached hydrogens (primary N) is 1. The third-order valence-corrected chi connectivity index (χ3v) is 3.27. The van der Waals surface area contributed by atoms with Crippen molar-refractivity contribution >= 4 is 17.3 Å². The van der Waals surface area contributed by atoms with Crippen LogP contribution in [0.25, 0.3) is 0 Å². The maximum absolute atomic E-state index is 13.9. The van der Waals surface area contributed by atoms with E-state index in [0.29, 0.717) is 11.4 Å². The van der Waals surface area contributed by atoms with Crippen LogP contribution in [-0.4, -0.2) is 22.3 Å². The summed E-state index contributed by atoms with van der Waals surface area (Å²) in [5.41, 5.74) is 5.04. The molecule has 0 aliphatic carbocycles. The van der Waals surface area contributed by atoms with Crippen LogP contribution < -0.4 is 11.1 Å². The van der Waals surface area contributed by atoms with Gasteiger partial charge in [0, 0.05) is 18.3 Å². The molecule has 0 bridgehead atoms. The molecule has 7 heteroatoms. The van der Waals surface area contributed by atoms with Crippen LogP contribution in [0.4, 0.5) is 20.3 Å². The maximum atomic E-state index is 13.9. The summed E-state index contributed by atoms with van der Waals surface area (Å²) in [6.07, 6.45) is 2.80. The summed E-state index contributed by atoms with van der Waals surface area (Å²) < 4.78 is 27.6. The summed E-state index contributed by atoms with van der Waals surface area (Å²) in [6, 6.07) is 2.07. The van der Waals surface area contributed by atoms with E-state index in [4.69, 9.17) is 5.73 Å². The molecular weight excluding hydrogens is 266 g/mol. The summed E-state index contributed by atoms with van der Waals surface area (Å²) in [7, 11) is 0. The number of nitrogens with zero attached hydrogens (tertiary/aromatic N) is 2. The number of halogens is 2. The zero-order chi connectivity index (χ0) is 14.3. The van der Waals surface area contributed by atoms with Gasteiger partial charge in [-0.05, 0) is 12.1 Å². The molecule has 0 amide bonds. The van der Waals surface area contributed by atoms with E-state index in [9.17, 15) is 13.6 Å². The molecule has 1 unspecified atom stereocenters. The molecule has 2 aromatic rings. The smallest absolute Gasteiger partial charge is 0.178 e. The van der Waals surface area contributed by atoms with Crippen LogP contribution in [0.3, 0.4) is 0 Å². The van der Waals surface area contributed by atoms with Gasteiger partial charge in [0.15, 0.2) is 11.6 Å². The lowest BCUT2D eigenvalue weighted by Crippen LogP contribution is -2.18. The maximum Gasteiger partial charge on any atom is 0.178 e. The van der Waals surface area contributed by atoms with Gasteiger partial charge in [-0.2, -0.15) is 0 Å². The first kappa shape index (κ1) is 12.5. The molecule has 5 nitrogen and oxygen atoms in total. The predicted octanol–water partition coefficient (Wildman–Crippen LogP) is 1.73. The van der Waals surface area contributed by atoms with Gasteiger partial charge in [-0.3, -0.25) is 4.79 Å². The fourth-order valence-corrected chi connectivity index (χ4v) is 2.25. The minimum absolute atomic E-state index is 0.223. The molecule has 0 radical (unpaired) electrons. The standard InChI is InChI=1S/C13H10F2N4O/c14-8-1-2-9(16)11(15)10(8)12(20)6-4-18-13-7(6)3-17-5-19-13/h1-3,5-6H,4,16H2,(H,17,18,19). The number of aromatic nitrogens is 2. The minimum atomic E-state index is -1.03. The van der Waals surface area contributed by atoms with Crippen molar-refractivity contribution in [2.24, 2.45) is 0 Å². The van der Waals surface area contributed by atoms with E-state index in [1.165, 1.54) is 12.5 Å². The second kappa shape index (κ2) is 4.52. The van der Waals surface area contributed by atoms with Crippen LogP contribution >= 0.6 is 0 Å². The number of hydrogen-bond acceptors (Lipinski definition) is 5. The molecule has 1 aliphatic rings. The first-order valence-electron chi connectivity index (χ1n) is 5.91. The molecule has 0 spiro atoms. The van der Waals surface area contributed by atoms with Crippen molar-refractivity contribution < 1.29 is 13.6 Å². The molecule has 20 heavy (non-hydrogen) atoms. The number of hydrogen-bond donors (Lipinski definition) is 2. The summed E-state index contributed by atoms with van der Waals surface area (Å²) in [5, 5.41) is 2.91. The highest BCUT2D eigenvalue weighted by atomic mass is 19.1. The SMILES string of the molecule is Nc1ccc(F)c(C(=O)C2CNc3ncncc32)c1F. The lowest BCUT2D eigenvalue weighted by atomic mass is 9.93. The summed E-state index contributed by atoms with van der Waals surface area (Å²) >= 11 is 0. The molecule has 1 aromatic heterocycles. The van der Waals surface area contributed by atoms with Crippen LogP contribution in [0.15, 0.2) is 24.7 Å². The van der Waals surface area contributed by atoms with Crippen molar-refractivity contribution in [1.29, 1.82) is 0 Å². The highest BCUT2D eigenvalue weighted by Crippen LogP contribution is 2.33. The summed E-state index contributed by atoms with van der Waals surface area (Å²) in [6.45, 7) is 0.223. The number of fused-ring (bicyclic) bond motifs is 1. The number of Topliss-reactive ketones (excluding diaryl/α,β-unsaturated/α-hetero) is 1. The van der Waals surface area contributed by atoms with Crippen molar-refractivity contribution in [3.05, 3.63) is 47.4 Å². The van der Waals surface area contributed by atoms with Crippen LogP contribution in [0, 0.1) is 11.6 Å². The molecule has 1 atom stereocenters. The normalized spacial score (nSPS) is 16.6. The number of benzene rings is 1. The minimum Gasteiger partial charge on any atom is -0.396 e. The number of ketones is 1. The average molecular weight is 276 g/mol. The molecule has 3 N–H and O–H groups in total. The first-order valence-corrected chi connectivity index (χ1v) is 5.91. The van der Waals surface area contributed by atoms with Crippen molar-refractivity contribution in [2.75, 3.05) is 17.6 Å². The molecule has 0 fully saturated rings. The van der Waals surface area contributed by atoms with Gasteiger partial charge in [-0.1, -0.05) is 0 Å². The van der Waals surface area contributed by atoms with Gasteiger partial charge in [0.25, 0.3) is 0 Å². The number of nitrogens with one attached hydrogen (secondary N) is 1. The number of nitrogen functional groups attached to an aromatic ring is 1. The van der Waals surface area contributed by atoms with Crippen LogP contribution in [0.5, 0.6) is 0 Å². The lowest BCUT2D eigenvalue weighted by molar-refractivity contribution is 0.0958. The second-order valence-corrected chi connectivity index (χ2v) is 4.45. The lowest BCUT2D eigenvalue weighted by Gasteiger charge is -2.11. The highest BCUT2D eigenvalue weighted by molar-refractivity contribution is 6.03. The average Bonchev–Trinajstić information content (AvgIpc) is 2.87. The number of carbonyl (C=O) groups excluding carboxylic acids is 1. The Bertz CT molecular complexity index is 705. The van der Waals surface area contributed by atoms with E-state index in [0.717, 1.165) is 12.1 Å². The highest BCUT2D eigenvalue weighted by Gasteiger charge is 2.33. The molecule has 102 valence electrons. The Morgan fingerprint density at radius 3 is 3.00 bits per heavy atom. The number of anilines is 2. The Morgan fingerprint density at radius 2 is 2.20 bits per heavy atom. The predicted molar refractivity (Wildman–Crippen MR) is 68.4 cm³/mol. The third-order valence-electron chi connectivity index (χ3n) is 3.27. The van der Waals surface area contributed by atoms with Crippen LogP contribution in [0.1, 0.15) is 21.8 Å². The fraction of sp³-hybridized carbons (Fsp3) is 0.154. The Kier molecular flexibility index (Phi) is 2.81. The van der Waals surface area contributed by atoms with Gasteiger partial charge in [0.05, 0.1) is 17.2 Å². The van der Waals surface area contributed by atoms with Gasteiger partial charge in [0.1, 0.15) is 18.0 Å². The van der Waals surface area contributed by atoms with Crippen LogP contribution in [0.2, 0.25) is 0 Å². The second-order valence-electron chi connectivity index (χ2n) is 4.45. The molecule has 3 rings (SSSR count). The van der Waals surface area contributed by atoms with Gasteiger partial charge in [-0.25, -0.2) is 18.7 Å². The molecule has 1 aliphatic heterocycles. The monoisotopic (exact) mass is 276 g/mol. The van der Waals surface area contributed by atoms with E-state index in [1.54, 1.807) is 0 Å². The molecule has 2 heterocycles. The van der Waals surface area contributed by atoms with Gasteiger partial charge < -0.3 is 11.1 Å². The molecular formula is C13H10F2N4O. The molecule has 1 aromatic carbocycles. The largest absolute Gasteiger partial charge is 0.396 e.